The van der Waals surface area contributed by atoms with Crippen LogP contribution in [0.1, 0.15) is 11.3 Å². The van der Waals surface area contributed by atoms with Crippen LogP contribution in [0.25, 0.3) is 5.69 Å². The summed E-state index contributed by atoms with van der Waals surface area (Å²) >= 11 is 0. The number of nitrogen functional groups attached to an aromatic ring is 1. The Morgan fingerprint density at radius 3 is 2.64 bits per heavy atom. The summed E-state index contributed by atoms with van der Waals surface area (Å²) in [6, 6.07) is 5.87. The van der Waals surface area contributed by atoms with Gasteiger partial charge in [-0.25, -0.2) is 4.98 Å². The molecule has 0 atom stereocenters. The van der Waals surface area contributed by atoms with Crippen LogP contribution >= 0.6 is 0 Å². The van der Waals surface area contributed by atoms with E-state index in [1.54, 1.807) is 0 Å². The number of anilines is 1. The lowest BCUT2D eigenvalue weighted by molar-refractivity contribution is 1.04. The number of hydrogen-bond acceptors (Lipinski definition) is 2. The fourth-order valence-electron chi connectivity index (χ4n) is 1.52. The molecule has 0 aliphatic carbocycles. The molecule has 0 aliphatic rings. The van der Waals surface area contributed by atoms with Crippen LogP contribution < -0.4 is 5.73 Å². The van der Waals surface area contributed by atoms with Crippen LogP contribution in [0.5, 0.6) is 0 Å². The maximum Gasteiger partial charge on any atom is 0.0995 e. The highest BCUT2D eigenvalue weighted by molar-refractivity contribution is 5.50. The first-order chi connectivity index (χ1) is 6.66. The third-order valence-corrected chi connectivity index (χ3v) is 2.21. The summed E-state index contributed by atoms with van der Waals surface area (Å²) in [6.45, 7) is 4.02. The Bertz CT molecular complexity index is 457. The molecule has 0 saturated heterocycles. The minimum Gasteiger partial charge on any atom is -0.399 e. The number of aryl methyl sites for hydroxylation is 2. The van der Waals surface area contributed by atoms with Gasteiger partial charge in [-0.3, -0.25) is 0 Å². The molecule has 0 bridgehead atoms. The van der Waals surface area contributed by atoms with Crippen LogP contribution in [-0.2, 0) is 0 Å². The van der Waals surface area contributed by atoms with Gasteiger partial charge in [0.25, 0.3) is 0 Å². The Kier molecular flexibility index (Phi) is 2.00. The summed E-state index contributed by atoms with van der Waals surface area (Å²) < 4.78 is 2.00. The number of aromatic nitrogens is 2. The summed E-state index contributed by atoms with van der Waals surface area (Å²) in [5.74, 6) is 0. The maximum atomic E-state index is 5.69. The standard InChI is InChI=1S/C11H13N3/c1-8-5-10(12)3-4-11(8)14-6-9(2)13-7-14/h3-7H,12H2,1-2H3. The van der Waals surface area contributed by atoms with Crippen LogP contribution in [0.15, 0.2) is 30.7 Å². The number of hydrogen-bond donors (Lipinski definition) is 1. The molecule has 1 aromatic heterocycles. The number of imidazole rings is 1. The van der Waals surface area contributed by atoms with Crippen LogP contribution in [0.2, 0.25) is 0 Å². The fraction of sp³-hybridized carbons (Fsp3) is 0.182. The predicted molar refractivity (Wildman–Crippen MR) is 57.5 cm³/mol. The number of benzene rings is 1. The minimum absolute atomic E-state index is 0.795. The first kappa shape index (κ1) is 8.81. The zero-order valence-corrected chi connectivity index (χ0v) is 8.36. The molecule has 0 amide bonds. The van der Waals surface area contributed by atoms with Gasteiger partial charge in [-0.15, -0.1) is 0 Å². The van der Waals surface area contributed by atoms with Gasteiger partial charge in [0.2, 0.25) is 0 Å². The van der Waals surface area contributed by atoms with E-state index in [4.69, 9.17) is 5.73 Å². The lowest BCUT2D eigenvalue weighted by atomic mass is 10.2. The van der Waals surface area contributed by atoms with Gasteiger partial charge in [0.15, 0.2) is 0 Å². The highest BCUT2D eigenvalue weighted by atomic mass is 15.0. The average Bonchev–Trinajstić information content (AvgIpc) is 2.51. The molecule has 1 aromatic carbocycles. The molecule has 2 rings (SSSR count). The van der Waals surface area contributed by atoms with E-state index < -0.39 is 0 Å². The Morgan fingerprint density at radius 1 is 1.29 bits per heavy atom. The molecule has 0 spiro atoms. The van der Waals surface area contributed by atoms with Crippen LogP contribution in [-0.4, -0.2) is 9.55 Å². The van der Waals surface area contributed by atoms with Gasteiger partial charge in [0.1, 0.15) is 0 Å². The third kappa shape index (κ3) is 1.48. The quantitative estimate of drug-likeness (QED) is 0.694. The largest absolute Gasteiger partial charge is 0.399 e. The number of nitrogens with two attached hydrogens (primary N) is 1. The fourth-order valence-corrected chi connectivity index (χ4v) is 1.52. The molecule has 72 valence electrons. The zero-order chi connectivity index (χ0) is 10.1. The molecule has 3 nitrogen and oxygen atoms in total. The lowest BCUT2D eigenvalue weighted by Gasteiger charge is -2.06. The normalized spacial score (nSPS) is 10.4. The van der Waals surface area contributed by atoms with Gasteiger partial charge < -0.3 is 10.3 Å². The molecule has 0 radical (unpaired) electrons. The van der Waals surface area contributed by atoms with E-state index >= 15 is 0 Å². The second-order valence-electron chi connectivity index (χ2n) is 3.47. The molecular weight excluding hydrogens is 174 g/mol. The maximum absolute atomic E-state index is 5.69. The van der Waals surface area contributed by atoms with Gasteiger partial charge in [0.05, 0.1) is 12.0 Å². The minimum atomic E-state index is 0.795. The molecule has 2 N–H and O–H groups in total. The van der Waals surface area contributed by atoms with E-state index in [1.165, 1.54) is 0 Å². The third-order valence-electron chi connectivity index (χ3n) is 2.21. The second-order valence-corrected chi connectivity index (χ2v) is 3.47. The van der Waals surface area contributed by atoms with Crippen molar-refractivity contribution in [1.29, 1.82) is 0 Å². The highest BCUT2D eigenvalue weighted by Gasteiger charge is 2.01. The SMILES string of the molecule is Cc1cn(-c2ccc(N)cc2C)cn1. The van der Waals surface area contributed by atoms with Crippen LogP contribution in [0.4, 0.5) is 5.69 Å². The van der Waals surface area contributed by atoms with Crippen molar-refractivity contribution in [2.75, 3.05) is 5.73 Å². The van der Waals surface area contributed by atoms with Crippen molar-refractivity contribution in [3.8, 4) is 5.69 Å². The summed E-state index contributed by atoms with van der Waals surface area (Å²) in [7, 11) is 0. The summed E-state index contributed by atoms with van der Waals surface area (Å²) in [4.78, 5) is 4.19. The van der Waals surface area contributed by atoms with Crippen molar-refractivity contribution >= 4 is 5.69 Å². The summed E-state index contributed by atoms with van der Waals surface area (Å²) in [6.07, 6.45) is 3.81. The Hall–Kier alpha value is -1.77. The molecule has 0 unspecified atom stereocenters. The summed E-state index contributed by atoms with van der Waals surface area (Å²) in [5, 5.41) is 0. The number of rotatable bonds is 1. The van der Waals surface area contributed by atoms with Crippen LogP contribution in [0, 0.1) is 13.8 Å². The average molecular weight is 187 g/mol. The Balaban J connectivity index is 2.52. The van der Waals surface area contributed by atoms with Gasteiger partial charge in [-0.2, -0.15) is 0 Å². The van der Waals surface area contributed by atoms with E-state index in [0.29, 0.717) is 0 Å². The predicted octanol–water partition coefficient (Wildman–Crippen LogP) is 2.07. The molecule has 2 aromatic rings. The van der Waals surface area contributed by atoms with E-state index in [1.807, 2.05) is 49.1 Å². The summed E-state index contributed by atoms with van der Waals surface area (Å²) in [5.41, 5.74) is 9.78. The molecule has 1 heterocycles. The Morgan fingerprint density at radius 2 is 2.07 bits per heavy atom. The van der Waals surface area contributed by atoms with Crippen molar-refractivity contribution in [1.82, 2.24) is 9.55 Å². The van der Waals surface area contributed by atoms with Crippen molar-refractivity contribution in [2.45, 2.75) is 13.8 Å². The van der Waals surface area contributed by atoms with E-state index in [0.717, 1.165) is 22.6 Å². The zero-order valence-electron chi connectivity index (χ0n) is 8.36. The van der Waals surface area contributed by atoms with Crippen molar-refractivity contribution in [3.05, 3.63) is 42.0 Å². The van der Waals surface area contributed by atoms with Gasteiger partial charge in [0, 0.05) is 17.6 Å². The second kappa shape index (κ2) is 3.18. The first-order valence-electron chi connectivity index (χ1n) is 4.54. The topological polar surface area (TPSA) is 43.8 Å². The molecule has 14 heavy (non-hydrogen) atoms. The smallest absolute Gasteiger partial charge is 0.0995 e. The van der Waals surface area contributed by atoms with E-state index in [2.05, 4.69) is 4.98 Å². The van der Waals surface area contributed by atoms with Crippen molar-refractivity contribution < 1.29 is 0 Å². The van der Waals surface area contributed by atoms with Gasteiger partial charge >= 0.3 is 0 Å². The molecular formula is C11H13N3. The lowest BCUT2D eigenvalue weighted by Crippen LogP contribution is -1.95. The van der Waals surface area contributed by atoms with Crippen molar-refractivity contribution in [3.63, 3.8) is 0 Å². The first-order valence-corrected chi connectivity index (χ1v) is 4.54. The van der Waals surface area contributed by atoms with Gasteiger partial charge in [-0.05, 0) is 37.6 Å². The van der Waals surface area contributed by atoms with E-state index in [9.17, 15) is 0 Å². The molecule has 0 aliphatic heterocycles. The van der Waals surface area contributed by atoms with E-state index in [-0.39, 0.29) is 0 Å². The highest BCUT2D eigenvalue weighted by Crippen LogP contribution is 2.16. The monoisotopic (exact) mass is 187 g/mol. The Labute approximate surface area is 83.2 Å². The van der Waals surface area contributed by atoms with Gasteiger partial charge in [-0.1, -0.05) is 0 Å². The number of nitrogens with zero attached hydrogens (tertiary/aromatic N) is 2. The van der Waals surface area contributed by atoms with Crippen LogP contribution in [0.3, 0.4) is 0 Å². The molecule has 0 saturated carbocycles. The molecule has 3 heteroatoms. The van der Waals surface area contributed by atoms with Crippen molar-refractivity contribution in [2.24, 2.45) is 0 Å². The molecule has 0 fully saturated rings.